The number of amides is 2. The zero-order chi connectivity index (χ0) is 37.1. The summed E-state index contributed by atoms with van der Waals surface area (Å²) < 4.78 is 4.61. The van der Waals surface area contributed by atoms with E-state index in [0.29, 0.717) is 29.7 Å². The van der Waals surface area contributed by atoms with E-state index in [-0.39, 0.29) is 63.3 Å². The van der Waals surface area contributed by atoms with Crippen LogP contribution in [0.2, 0.25) is 0 Å². The first-order valence-corrected chi connectivity index (χ1v) is 17.8. The number of aliphatic carboxylic acids is 2. The Morgan fingerprint density at radius 2 is 1.90 bits per heavy atom. The van der Waals surface area contributed by atoms with Crippen LogP contribution in [0.5, 0.6) is 11.5 Å². The number of ketones is 1. The fourth-order valence-corrected chi connectivity index (χ4v) is 7.85. The molecule has 0 aliphatic carbocycles. The fourth-order valence-electron chi connectivity index (χ4n) is 6.03. The normalized spacial score (nSPS) is 19.8. The van der Waals surface area contributed by atoms with E-state index < -0.39 is 64.3 Å². The molecular weight excluding hydrogens is 730 g/mol. The van der Waals surface area contributed by atoms with E-state index in [9.17, 15) is 44.4 Å². The molecule has 2 saturated heterocycles. The first-order chi connectivity index (χ1) is 24.1. The number of rotatable bonds is 15. The molecule has 2 amide bonds. The molecule has 2 aromatic rings. The number of anilines is 1. The van der Waals surface area contributed by atoms with Gasteiger partial charge in [-0.05, 0) is 43.7 Å². The van der Waals surface area contributed by atoms with E-state index in [1.807, 2.05) is 6.08 Å². The number of thioether (sulfide) groups is 1. The molecule has 3 aliphatic rings. The van der Waals surface area contributed by atoms with Gasteiger partial charge in [0.2, 0.25) is 11.7 Å². The van der Waals surface area contributed by atoms with Crippen LogP contribution in [0, 0.1) is 5.92 Å². The van der Waals surface area contributed by atoms with E-state index in [4.69, 9.17) is 10.6 Å². The SMILES string of the molecule is CC(C)(O/N=C(\C(=O)C[C@@H]1C(=O)N2C(C(=O)[O-])=C(/C=C/C[N+]3(CCNC(=O)c4ccc(O)c(O)c4)CCCC3)CS[C@H]12)c1nsc(N)n1)C(=O)[O-].[Na+]. The Hall–Kier alpha value is -4.01. The summed E-state index contributed by atoms with van der Waals surface area (Å²) in [6.45, 7) is 5.55. The molecule has 0 bridgehead atoms. The number of aromatic nitrogens is 2. The number of aromatic hydroxyl groups is 2. The number of hydrogen-bond acceptors (Lipinski definition) is 16. The Bertz CT molecular complexity index is 1840. The summed E-state index contributed by atoms with van der Waals surface area (Å²) in [6, 6.07) is 3.84. The van der Waals surface area contributed by atoms with Crippen LogP contribution in [0.4, 0.5) is 5.13 Å². The second-order valence-electron chi connectivity index (χ2n) is 12.9. The number of carboxylic acids is 2. The van der Waals surface area contributed by atoms with Gasteiger partial charge in [0.15, 0.2) is 33.7 Å². The van der Waals surface area contributed by atoms with Gasteiger partial charge in [0.25, 0.3) is 5.91 Å². The van der Waals surface area contributed by atoms with Crippen molar-refractivity contribution in [2.45, 2.75) is 44.1 Å². The number of nitrogens with one attached hydrogen (secondary N) is 1. The van der Waals surface area contributed by atoms with E-state index in [2.05, 4.69) is 19.8 Å². The van der Waals surface area contributed by atoms with Gasteiger partial charge in [-0.1, -0.05) is 11.2 Å². The molecule has 20 heteroatoms. The quantitative estimate of drug-likeness (QED) is 0.0336. The Morgan fingerprint density at radius 3 is 2.52 bits per heavy atom. The van der Waals surface area contributed by atoms with Crippen LogP contribution in [-0.4, -0.2) is 114 Å². The standard InChI is InChI=1S/C32H37N7O10S2.Na/c1-32(2,30(47)48)49-36-23(25-35-31(33)51-37-25)22(42)15-19-27(44)38-24(29(45)46)18(16-50-28(19)38)6-5-12-39(10-3-4-11-39)13-9-34-26(43)17-7-8-20(40)21(41)14-17;/h5-8,14,19,28H,3-4,9-13,15-16H2,1-2H3,(H6-,33,34,35,36,37,40,41,42,43,45,46,47,48);/q;+1/p-1/b6-5+;/t19-,28-;/m1./s1. The van der Waals surface area contributed by atoms with Crippen molar-refractivity contribution in [1.82, 2.24) is 19.6 Å². The number of benzene rings is 1. The number of phenolic OH excluding ortho intramolecular Hbond substituents is 2. The van der Waals surface area contributed by atoms with Gasteiger partial charge in [-0.2, -0.15) is 9.36 Å². The van der Waals surface area contributed by atoms with E-state index in [1.165, 1.54) is 43.8 Å². The fraction of sp³-hybridized carbons (Fsp3) is 0.438. The molecule has 3 aliphatic heterocycles. The van der Waals surface area contributed by atoms with Crippen molar-refractivity contribution in [2.75, 3.05) is 44.2 Å². The predicted octanol–water partition coefficient (Wildman–Crippen LogP) is -4.12. The zero-order valence-corrected chi connectivity index (χ0v) is 32.3. The average Bonchev–Trinajstić information content (AvgIpc) is 3.73. The van der Waals surface area contributed by atoms with Gasteiger partial charge < -0.3 is 50.4 Å². The Labute approximate surface area is 328 Å². The minimum Gasteiger partial charge on any atom is -0.546 e. The molecule has 1 aromatic carbocycles. The molecule has 0 spiro atoms. The molecule has 17 nitrogen and oxygen atoms in total. The summed E-state index contributed by atoms with van der Waals surface area (Å²) in [4.78, 5) is 73.1. The molecular formula is C32H36N7NaO10S2. The summed E-state index contributed by atoms with van der Waals surface area (Å²) >= 11 is 2.06. The van der Waals surface area contributed by atoms with Gasteiger partial charge in [0.05, 0.1) is 61.7 Å². The van der Waals surface area contributed by atoms with Crippen molar-refractivity contribution in [3.8, 4) is 11.5 Å². The van der Waals surface area contributed by atoms with Crippen LogP contribution in [-0.2, 0) is 24.0 Å². The molecule has 0 radical (unpaired) electrons. The maximum Gasteiger partial charge on any atom is 1.00 e. The second kappa shape index (κ2) is 16.8. The van der Waals surface area contributed by atoms with Crippen LogP contribution in [0.15, 0.2) is 46.8 Å². The Morgan fingerprint density at radius 1 is 1.19 bits per heavy atom. The Kier molecular flexibility index (Phi) is 13.1. The maximum absolute atomic E-state index is 13.4. The maximum atomic E-state index is 13.4. The third-order valence-electron chi connectivity index (χ3n) is 8.92. The van der Waals surface area contributed by atoms with E-state index in [1.54, 1.807) is 6.08 Å². The Balaban J connectivity index is 0.00000605. The van der Waals surface area contributed by atoms with Gasteiger partial charge >= 0.3 is 29.6 Å². The number of likely N-dealkylation sites (tertiary alicyclic amines) is 1. The van der Waals surface area contributed by atoms with Crippen LogP contribution in [0.3, 0.4) is 0 Å². The largest absolute Gasteiger partial charge is 1.00 e. The first-order valence-electron chi connectivity index (χ1n) is 15.9. The number of carboxylic acid groups (broad SMARTS) is 2. The van der Waals surface area contributed by atoms with Crippen molar-refractivity contribution in [1.29, 1.82) is 0 Å². The first kappa shape index (κ1) is 40.8. The van der Waals surface area contributed by atoms with Gasteiger partial charge in [-0.25, -0.2) is 0 Å². The molecule has 5 rings (SSSR count). The molecule has 0 unspecified atom stereocenters. The summed E-state index contributed by atoms with van der Waals surface area (Å²) in [6.07, 6.45) is 5.10. The molecule has 5 N–H and O–H groups in total. The molecule has 2 fully saturated rings. The topological polar surface area (TPSA) is 261 Å². The number of fused-ring (bicyclic) bond motifs is 1. The second-order valence-corrected chi connectivity index (χ2v) is 14.7. The molecule has 4 heterocycles. The van der Waals surface area contributed by atoms with Gasteiger partial charge in [0.1, 0.15) is 0 Å². The van der Waals surface area contributed by atoms with Crippen LogP contribution in [0.1, 0.15) is 49.3 Å². The predicted molar refractivity (Wildman–Crippen MR) is 179 cm³/mol. The number of β-lactam (4-membered cyclic amide) rings is 1. The number of nitrogen functional groups attached to an aromatic ring is 1. The summed E-state index contributed by atoms with van der Waals surface area (Å²) in [5, 5.41) is 48.8. The number of carbonyl (C=O) groups is 5. The number of Topliss-reactive ketones (excluding diaryl/α,β-unsaturated/α-hetero) is 1. The van der Waals surface area contributed by atoms with Crippen LogP contribution >= 0.6 is 23.3 Å². The summed E-state index contributed by atoms with van der Waals surface area (Å²) in [7, 11) is 0. The van der Waals surface area contributed by atoms with Gasteiger partial charge in [-0.3, -0.25) is 19.3 Å². The molecule has 52 heavy (non-hydrogen) atoms. The minimum absolute atomic E-state index is 0. The van der Waals surface area contributed by atoms with Gasteiger partial charge in [-0.15, -0.1) is 11.8 Å². The number of allylic oxidation sites excluding steroid dienone is 1. The number of phenols is 2. The molecule has 272 valence electrons. The number of carbonyl (C=O) groups excluding carboxylic acids is 5. The van der Waals surface area contributed by atoms with Crippen LogP contribution < -0.4 is 50.8 Å². The number of quaternary nitrogens is 1. The van der Waals surface area contributed by atoms with Crippen molar-refractivity contribution in [2.24, 2.45) is 11.1 Å². The van der Waals surface area contributed by atoms with Crippen molar-refractivity contribution < 1.29 is 83.3 Å². The van der Waals surface area contributed by atoms with E-state index in [0.717, 1.165) is 42.4 Å². The summed E-state index contributed by atoms with van der Waals surface area (Å²) in [5.74, 6) is -6.47. The van der Waals surface area contributed by atoms with Crippen molar-refractivity contribution >= 4 is 63.7 Å². The third-order valence-corrected chi connectivity index (χ3v) is 10.8. The van der Waals surface area contributed by atoms with Crippen molar-refractivity contribution in [3.63, 3.8) is 0 Å². The molecule has 1 aromatic heterocycles. The van der Waals surface area contributed by atoms with E-state index >= 15 is 0 Å². The minimum atomic E-state index is -1.90. The van der Waals surface area contributed by atoms with Gasteiger partial charge in [0, 0.05) is 42.1 Å². The smallest absolute Gasteiger partial charge is 0.546 e. The van der Waals surface area contributed by atoms with Crippen LogP contribution in [0.25, 0.3) is 0 Å². The number of hydrogen-bond donors (Lipinski definition) is 4. The molecule has 0 saturated carbocycles. The molecule has 2 atom stereocenters. The van der Waals surface area contributed by atoms with Crippen molar-refractivity contribution in [3.05, 3.63) is 53.0 Å². The number of oxime groups is 1. The average molecular weight is 766 g/mol. The summed E-state index contributed by atoms with van der Waals surface area (Å²) in [5.41, 5.74) is 3.63. The third kappa shape index (κ3) is 8.95. The number of nitrogens with two attached hydrogens (primary N) is 1. The monoisotopic (exact) mass is 765 g/mol. The zero-order valence-electron chi connectivity index (χ0n) is 28.7. The number of nitrogens with zero attached hydrogens (tertiary/aromatic N) is 5.